The minimum atomic E-state index is -0.282. The van der Waals surface area contributed by atoms with Gasteiger partial charge in [0.05, 0.1) is 5.56 Å². The maximum absolute atomic E-state index is 13.7. The first kappa shape index (κ1) is 17.4. The van der Waals surface area contributed by atoms with Gasteiger partial charge >= 0.3 is 0 Å². The van der Waals surface area contributed by atoms with E-state index in [4.69, 9.17) is 4.52 Å². The topological polar surface area (TPSA) is 55.1 Å². The van der Waals surface area contributed by atoms with Crippen LogP contribution in [-0.4, -0.2) is 28.2 Å². The van der Waals surface area contributed by atoms with E-state index in [0.717, 1.165) is 24.5 Å². The van der Waals surface area contributed by atoms with Crippen molar-refractivity contribution in [2.24, 2.45) is 0 Å². The van der Waals surface area contributed by atoms with Crippen molar-refractivity contribution in [3.63, 3.8) is 0 Å². The largest absolute Gasteiger partial charge is 0.357 e. The van der Waals surface area contributed by atoms with Gasteiger partial charge < -0.3 is 9.42 Å². The van der Waals surface area contributed by atoms with Crippen molar-refractivity contribution in [1.82, 2.24) is 15.1 Å². The van der Waals surface area contributed by atoms with E-state index in [1.54, 1.807) is 25.3 Å². The van der Waals surface area contributed by atoms with Gasteiger partial charge in [0.25, 0.3) is 5.89 Å². The molecule has 1 fully saturated rings. The highest BCUT2D eigenvalue weighted by molar-refractivity contribution is 5.85. The average molecular weight is 361 g/mol. The van der Waals surface area contributed by atoms with E-state index in [1.165, 1.54) is 18.9 Å². The molecule has 1 aliphatic rings. The van der Waals surface area contributed by atoms with Crippen LogP contribution in [0.1, 0.15) is 18.4 Å². The number of nitrogens with zero attached hydrogens (tertiary/aromatic N) is 4. The van der Waals surface area contributed by atoms with Crippen LogP contribution < -0.4 is 4.90 Å². The SMILES string of the molecule is Cc1ccc(-c2noc(-c3ccc(N4CCCC4)nc3)n2)cc1F.Cl. The summed E-state index contributed by atoms with van der Waals surface area (Å²) >= 11 is 0. The molecule has 0 bridgehead atoms. The zero-order valence-corrected chi connectivity index (χ0v) is 14.6. The molecule has 1 saturated heterocycles. The van der Waals surface area contributed by atoms with Crippen molar-refractivity contribution in [2.45, 2.75) is 19.8 Å². The third-order valence-electron chi connectivity index (χ3n) is 4.28. The van der Waals surface area contributed by atoms with E-state index in [-0.39, 0.29) is 18.2 Å². The van der Waals surface area contributed by atoms with Gasteiger partial charge in [0.15, 0.2) is 0 Å². The van der Waals surface area contributed by atoms with Gasteiger partial charge in [0.2, 0.25) is 5.82 Å². The van der Waals surface area contributed by atoms with Crippen molar-refractivity contribution in [2.75, 3.05) is 18.0 Å². The Kier molecular flexibility index (Phi) is 4.99. The predicted octanol–water partition coefficient (Wildman–Crippen LogP) is 4.27. The lowest BCUT2D eigenvalue weighted by molar-refractivity contribution is 0.432. The number of hydrogen-bond donors (Lipinski definition) is 0. The Morgan fingerprint density at radius 3 is 2.52 bits per heavy atom. The quantitative estimate of drug-likeness (QED) is 0.698. The van der Waals surface area contributed by atoms with Gasteiger partial charge in [-0.2, -0.15) is 4.98 Å². The van der Waals surface area contributed by atoms with Crippen molar-refractivity contribution >= 4 is 18.2 Å². The molecule has 3 heterocycles. The number of benzene rings is 1. The Hall–Kier alpha value is -2.47. The molecule has 25 heavy (non-hydrogen) atoms. The van der Waals surface area contributed by atoms with Crippen LogP contribution in [-0.2, 0) is 0 Å². The number of halogens is 2. The monoisotopic (exact) mass is 360 g/mol. The number of anilines is 1. The molecule has 3 aromatic rings. The van der Waals surface area contributed by atoms with Crippen molar-refractivity contribution in [1.29, 1.82) is 0 Å². The zero-order chi connectivity index (χ0) is 16.5. The molecule has 7 heteroatoms. The maximum Gasteiger partial charge on any atom is 0.259 e. The third-order valence-corrected chi connectivity index (χ3v) is 4.28. The standard InChI is InChI=1S/C18H17FN4O.ClH/c1-12-4-5-13(10-15(12)19)17-21-18(24-22-17)14-6-7-16(20-11-14)23-8-2-3-9-23;/h4-7,10-11H,2-3,8-9H2,1H3;1H. The van der Waals surface area contributed by atoms with Crippen LogP contribution in [0.4, 0.5) is 10.2 Å². The molecule has 1 aromatic carbocycles. The summed E-state index contributed by atoms with van der Waals surface area (Å²) < 4.78 is 19.0. The number of pyridine rings is 1. The lowest BCUT2D eigenvalue weighted by Gasteiger charge is -2.15. The molecule has 130 valence electrons. The molecule has 5 nitrogen and oxygen atoms in total. The summed E-state index contributed by atoms with van der Waals surface area (Å²) in [5.74, 6) is 1.44. The van der Waals surface area contributed by atoms with Crippen molar-refractivity contribution < 1.29 is 8.91 Å². The second kappa shape index (κ2) is 7.19. The number of aryl methyl sites for hydroxylation is 1. The number of aromatic nitrogens is 3. The molecule has 4 rings (SSSR count). The molecule has 0 unspecified atom stereocenters. The second-order valence-corrected chi connectivity index (χ2v) is 5.99. The van der Waals surface area contributed by atoms with Gasteiger partial charge in [-0.05, 0) is 43.5 Å². The van der Waals surface area contributed by atoms with Gasteiger partial charge in [-0.1, -0.05) is 17.3 Å². The maximum atomic E-state index is 13.7. The Labute approximate surface area is 151 Å². The van der Waals surface area contributed by atoms with Crippen LogP contribution >= 0.6 is 12.4 Å². The molecule has 0 spiro atoms. The summed E-state index contributed by atoms with van der Waals surface area (Å²) in [4.78, 5) is 11.1. The fourth-order valence-corrected chi connectivity index (χ4v) is 2.84. The fourth-order valence-electron chi connectivity index (χ4n) is 2.84. The lowest BCUT2D eigenvalue weighted by atomic mass is 10.1. The highest BCUT2D eigenvalue weighted by Crippen LogP contribution is 2.25. The fraction of sp³-hybridized carbons (Fsp3) is 0.278. The van der Waals surface area contributed by atoms with Crippen LogP contribution in [0.5, 0.6) is 0 Å². The van der Waals surface area contributed by atoms with Gasteiger partial charge in [-0.25, -0.2) is 9.37 Å². The molecule has 0 aliphatic carbocycles. The Bertz CT molecular complexity index is 860. The Balaban J connectivity index is 0.00000182. The molecular weight excluding hydrogens is 343 g/mol. The summed E-state index contributed by atoms with van der Waals surface area (Å²) in [6.07, 6.45) is 4.16. The molecule has 0 amide bonds. The van der Waals surface area contributed by atoms with E-state index in [1.807, 2.05) is 12.1 Å². The van der Waals surface area contributed by atoms with Crippen molar-refractivity contribution in [3.05, 3.63) is 47.9 Å². The van der Waals surface area contributed by atoms with Crippen LogP contribution in [0.15, 0.2) is 41.1 Å². The number of rotatable bonds is 3. The highest BCUT2D eigenvalue weighted by atomic mass is 35.5. The van der Waals surface area contributed by atoms with Gasteiger partial charge in [-0.15, -0.1) is 12.4 Å². The average Bonchev–Trinajstić information content (AvgIpc) is 3.29. The summed E-state index contributed by atoms with van der Waals surface area (Å²) in [6, 6.07) is 8.79. The van der Waals surface area contributed by atoms with Crippen LogP contribution in [0.3, 0.4) is 0 Å². The first-order chi connectivity index (χ1) is 11.7. The zero-order valence-electron chi connectivity index (χ0n) is 13.8. The minimum Gasteiger partial charge on any atom is -0.357 e. The molecule has 0 atom stereocenters. The summed E-state index contributed by atoms with van der Waals surface area (Å²) in [5, 5.41) is 3.94. The molecule has 2 aromatic heterocycles. The summed E-state index contributed by atoms with van der Waals surface area (Å²) in [6.45, 7) is 3.82. The molecular formula is C18H18ClFN4O. The smallest absolute Gasteiger partial charge is 0.259 e. The van der Waals surface area contributed by atoms with Crippen LogP contribution in [0, 0.1) is 12.7 Å². The third kappa shape index (κ3) is 3.49. The molecule has 1 aliphatic heterocycles. The lowest BCUT2D eigenvalue weighted by Crippen LogP contribution is -2.18. The molecule has 0 N–H and O–H groups in total. The minimum absolute atomic E-state index is 0. The van der Waals surface area contributed by atoms with Gasteiger partial charge in [-0.3, -0.25) is 0 Å². The van der Waals surface area contributed by atoms with E-state index < -0.39 is 0 Å². The summed E-state index contributed by atoms with van der Waals surface area (Å²) in [5.41, 5.74) is 1.93. The van der Waals surface area contributed by atoms with Crippen molar-refractivity contribution in [3.8, 4) is 22.8 Å². The molecule has 0 radical (unpaired) electrons. The van der Waals surface area contributed by atoms with E-state index in [0.29, 0.717) is 22.8 Å². The van der Waals surface area contributed by atoms with E-state index in [9.17, 15) is 4.39 Å². The first-order valence-corrected chi connectivity index (χ1v) is 8.02. The second-order valence-electron chi connectivity index (χ2n) is 5.99. The van der Waals surface area contributed by atoms with Gasteiger partial charge in [0, 0.05) is 24.8 Å². The highest BCUT2D eigenvalue weighted by Gasteiger charge is 2.15. The first-order valence-electron chi connectivity index (χ1n) is 8.02. The van der Waals surface area contributed by atoms with E-state index >= 15 is 0 Å². The normalized spacial score (nSPS) is 13.8. The predicted molar refractivity (Wildman–Crippen MR) is 96.4 cm³/mol. The summed E-state index contributed by atoms with van der Waals surface area (Å²) in [7, 11) is 0. The Morgan fingerprint density at radius 1 is 1.08 bits per heavy atom. The van der Waals surface area contributed by atoms with Crippen LogP contribution in [0.2, 0.25) is 0 Å². The van der Waals surface area contributed by atoms with Crippen LogP contribution in [0.25, 0.3) is 22.8 Å². The Morgan fingerprint density at radius 2 is 1.84 bits per heavy atom. The molecule has 0 saturated carbocycles. The van der Waals surface area contributed by atoms with Gasteiger partial charge in [0.1, 0.15) is 11.6 Å². The van der Waals surface area contributed by atoms with E-state index in [2.05, 4.69) is 20.0 Å². The number of hydrogen-bond acceptors (Lipinski definition) is 5.